The second-order valence-corrected chi connectivity index (χ2v) is 11.8. The molecule has 3 aromatic carbocycles. The largest absolute Gasteiger partial charge is 0.503 e. The van der Waals surface area contributed by atoms with Crippen LogP contribution < -0.4 is 9.64 Å². The smallest absolute Gasteiger partial charge is 0.296 e. The highest BCUT2D eigenvalue weighted by Gasteiger charge is 2.46. The summed E-state index contributed by atoms with van der Waals surface area (Å²) in [7, 11) is 0. The number of ketones is 1. The fraction of sp³-hybridized carbons (Fsp3) is 0.0968. The highest BCUT2D eigenvalue weighted by atomic mass is 35.5. The van der Waals surface area contributed by atoms with Gasteiger partial charge in [0.2, 0.25) is 10.9 Å². The number of benzene rings is 3. The fourth-order valence-corrected chi connectivity index (χ4v) is 6.64. The maximum atomic E-state index is 13.5. The van der Waals surface area contributed by atoms with E-state index in [2.05, 4.69) is 10.2 Å². The number of Topliss-reactive ketones (excluding diaryl/α,β-unsaturated/α-hetero) is 1. The number of ether oxygens (including phenoxy) is 1. The molecule has 11 heteroatoms. The predicted octanol–water partition coefficient (Wildman–Crippen LogP) is 7.44. The molecule has 1 aliphatic heterocycles. The van der Waals surface area contributed by atoms with Gasteiger partial charge in [0.25, 0.3) is 5.91 Å². The molecule has 210 valence electrons. The van der Waals surface area contributed by atoms with Gasteiger partial charge in [-0.25, -0.2) is 0 Å². The normalized spacial score (nSPS) is 14.9. The van der Waals surface area contributed by atoms with Gasteiger partial charge < -0.3 is 14.3 Å². The van der Waals surface area contributed by atoms with Crippen LogP contribution in [0.25, 0.3) is 0 Å². The second-order valence-electron chi connectivity index (χ2n) is 9.22. The summed E-state index contributed by atoms with van der Waals surface area (Å²) in [4.78, 5) is 28.2. The van der Waals surface area contributed by atoms with Crippen molar-refractivity contribution in [1.29, 1.82) is 0 Å². The Labute approximate surface area is 254 Å². The van der Waals surface area contributed by atoms with E-state index in [0.717, 1.165) is 11.1 Å². The number of nitrogens with zero attached hydrogens (tertiary/aromatic N) is 3. The van der Waals surface area contributed by atoms with Gasteiger partial charge in [0.1, 0.15) is 12.4 Å². The third kappa shape index (κ3) is 5.69. The molecular formula is C31H22ClN3O5S2. The Morgan fingerprint density at radius 2 is 1.76 bits per heavy atom. The third-order valence-electron chi connectivity index (χ3n) is 6.55. The van der Waals surface area contributed by atoms with E-state index in [1.165, 1.54) is 40.3 Å². The van der Waals surface area contributed by atoms with Crippen molar-refractivity contribution in [3.05, 3.63) is 136 Å². The first-order valence-corrected chi connectivity index (χ1v) is 15.0. The van der Waals surface area contributed by atoms with Gasteiger partial charge in [0, 0.05) is 10.8 Å². The summed E-state index contributed by atoms with van der Waals surface area (Å²) >= 11 is 8.90. The number of thioether (sulfide) groups is 1. The van der Waals surface area contributed by atoms with E-state index in [9.17, 15) is 14.7 Å². The number of hydrogen-bond acceptors (Lipinski definition) is 9. The molecule has 8 nitrogen and oxygen atoms in total. The van der Waals surface area contributed by atoms with Gasteiger partial charge in [-0.15, -0.1) is 10.2 Å². The van der Waals surface area contributed by atoms with E-state index in [0.29, 0.717) is 33.0 Å². The number of aliphatic hydroxyl groups is 1. The van der Waals surface area contributed by atoms with Crippen LogP contribution in [-0.2, 0) is 17.2 Å². The molecule has 6 rings (SSSR count). The molecular weight excluding hydrogens is 594 g/mol. The Morgan fingerprint density at radius 1 is 1.00 bits per heavy atom. The van der Waals surface area contributed by atoms with Crippen molar-refractivity contribution in [1.82, 2.24) is 10.2 Å². The topological polar surface area (TPSA) is 106 Å². The minimum absolute atomic E-state index is 0.00672. The van der Waals surface area contributed by atoms with Crippen LogP contribution in [0.1, 0.15) is 33.3 Å². The average molecular weight is 616 g/mol. The summed E-state index contributed by atoms with van der Waals surface area (Å²) < 4.78 is 11.8. The summed E-state index contributed by atoms with van der Waals surface area (Å²) in [5.41, 5.74) is 2.44. The molecule has 0 fully saturated rings. The summed E-state index contributed by atoms with van der Waals surface area (Å²) in [6.07, 6.45) is 1.36. The minimum Gasteiger partial charge on any atom is -0.503 e. The predicted molar refractivity (Wildman–Crippen MR) is 161 cm³/mol. The molecule has 0 saturated carbocycles. The van der Waals surface area contributed by atoms with Crippen LogP contribution in [-0.4, -0.2) is 27.0 Å². The van der Waals surface area contributed by atoms with Gasteiger partial charge >= 0.3 is 0 Å². The zero-order valence-corrected chi connectivity index (χ0v) is 24.2. The molecule has 0 aliphatic carbocycles. The Balaban J connectivity index is 1.29. The van der Waals surface area contributed by atoms with Crippen molar-refractivity contribution in [2.75, 3.05) is 4.90 Å². The van der Waals surface area contributed by atoms with Crippen LogP contribution in [0.3, 0.4) is 0 Å². The molecule has 0 saturated heterocycles. The van der Waals surface area contributed by atoms with E-state index in [1.54, 1.807) is 30.3 Å². The lowest BCUT2D eigenvalue weighted by Crippen LogP contribution is -2.31. The zero-order chi connectivity index (χ0) is 29.1. The van der Waals surface area contributed by atoms with E-state index >= 15 is 0 Å². The molecule has 1 unspecified atom stereocenters. The van der Waals surface area contributed by atoms with Crippen LogP contribution in [0.15, 0.2) is 117 Å². The van der Waals surface area contributed by atoms with Crippen molar-refractivity contribution in [2.24, 2.45) is 0 Å². The van der Waals surface area contributed by atoms with E-state index in [1.807, 2.05) is 54.6 Å². The highest BCUT2D eigenvalue weighted by molar-refractivity contribution is 8.00. The Kier molecular flexibility index (Phi) is 8.09. The molecule has 0 spiro atoms. The summed E-state index contributed by atoms with van der Waals surface area (Å²) in [5.74, 6) is -0.834. The number of hydrogen-bond donors (Lipinski definition) is 1. The first kappa shape index (κ1) is 27.8. The monoisotopic (exact) mass is 615 g/mol. The molecule has 1 atom stereocenters. The fourth-order valence-electron chi connectivity index (χ4n) is 4.49. The van der Waals surface area contributed by atoms with Crippen LogP contribution in [0.2, 0.25) is 5.02 Å². The number of carbonyl (C=O) groups excluding carboxylic acids is 2. The summed E-state index contributed by atoms with van der Waals surface area (Å²) in [6, 6.07) is 26.4. The van der Waals surface area contributed by atoms with E-state index in [4.69, 9.17) is 20.8 Å². The molecule has 3 heterocycles. The van der Waals surface area contributed by atoms with Gasteiger partial charge in [-0.1, -0.05) is 95.4 Å². The number of carbonyl (C=O) groups is 2. The lowest BCUT2D eigenvalue weighted by molar-refractivity contribution is -0.117. The number of furan rings is 1. The maximum absolute atomic E-state index is 13.5. The Bertz CT molecular complexity index is 1750. The zero-order valence-electron chi connectivity index (χ0n) is 21.8. The van der Waals surface area contributed by atoms with Crippen molar-refractivity contribution < 1.29 is 23.8 Å². The minimum atomic E-state index is -0.965. The van der Waals surface area contributed by atoms with Gasteiger partial charge in [-0.2, -0.15) is 0 Å². The summed E-state index contributed by atoms with van der Waals surface area (Å²) in [5, 5.41) is 20.4. The van der Waals surface area contributed by atoms with Crippen molar-refractivity contribution in [3.8, 4) is 5.75 Å². The molecule has 2 aromatic heterocycles. The molecule has 0 radical (unpaired) electrons. The first-order valence-electron chi connectivity index (χ1n) is 12.8. The standard InChI is InChI=1S/C31H22ClN3O5S2/c32-23-10-5-4-9-21(23)18-41-31-34-33-30(42-31)35-26(25(28(37)29(35)38)27(36)24-11-6-16-39-24)20-12-14-22(15-13-20)40-17-19-7-2-1-3-8-19/h1-16,26,37H,17-18H2. The van der Waals surface area contributed by atoms with Gasteiger partial charge in [0.05, 0.1) is 17.9 Å². The van der Waals surface area contributed by atoms with E-state index < -0.39 is 23.5 Å². The number of aromatic nitrogens is 2. The Hall–Kier alpha value is -4.38. The van der Waals surface area contributed by atoms with Gasteiger partial charge in [-0.3, -0.25) is 14.5 Å². The number of rotatable bonds is 10. The lowest BCUT2D eigenvalue weighted by Gasteiger charge is -2.24. The molecule has 42 heavy (non-hydrogen) atoms. The third-order valence-corrected chi connectivity index (χ3v) is 9.03. The van der Waals surface area contributed by atoms with Crippen molar-refractivity contribution >= 4 is 51.5 Å². The molecule has 1 amide bonds. The van der Waals surface area contributed by atoms with Crippen molar-refractivity contribution in [2.45, 2.75) is 22.7 Å². The van der Waals surface area contributed by atoms with E-state index in [-0.39, 0.29) is 16.5 Å². The maximum Gasteiger partial charge on any atom is 0.296 e. The average Bonchev–Trinajstić information content (AvgIpc) is 3.77. The van der Waals surface area contributed by atoms with Crippen LogP contribution in [0.5, 0.6) is 5.75 Å². The summed E-state index contributed by atoms with van der Waals surface area (Å²) in [6.45, 7) is 0.385. The molecule has 0 bridgehead atoms. The highest BCUT2D eigenvalue weighted by Crippen LogP contribution is 2.44. The van der Waals surface area contributed by atoms with Gasteiger partial charge in [-0.05, 0) is 47.0 Å². The molecule has 1 N–H and O–H groups in total. The number of anilines is 1. The SMILES string of the molecule is O=C(C1=C(O)C(=O)N(c2nnc(SCc3ccccc3Cl)s2)C1c1ccc(OCc2ccccc2)cc1)c1ccco1. The quantitative estimate of drug-likeness (QED) is 0.0981. The van der Waals surface area contributed by atoms with Crippen LogP contribution in [0.4, 0.5) is 5.13 Å². The molecule has 1 aliphatic rings. The first-order chi connectivity index (χ1) is 20.5. The van der Waals surface area contributed by atoms with Crippen LogP contribution in [0, 0.1) is 0 Å². The Morgan fingerprint density at radius 3 is 2.50 bits per heavy atom. The molecule has 5 aromatic rings. The number of aliphatic hydroxyl groups excluding tert-OH is 1. The van der Waals surface area contributed by atoms with Crippen LogP contribution >= 0.6 is 34.7 Å². The lowest BCUT2D eigenvalue weighted by atomic mass is 9.95. The van der Waals surface area contributed by atoms with Gasteiger partial charge in [0.15, 0.2) is 15.9 Å². The number of halogens is 1. The number of amides is 1. The van der Waals surface area contributed by atoms with Crippen molar-refractivity contribution in [3.63, 3.8) is 0 Å². The second kappa shape index (κ2) is 12.2.